The molecule has 2 unspecified atom stereocenters. The second kappa shape index (κ2) is 4.86. The van der Waals surface area contributed by atoms with Gasteiger partial charge in [0, 0.05) is 11.6 Å². The Labute approximate surface area is 101 Å². The summed E-state index contributed by atoms with van der Waals surface area (Å²) < 4.78 is 0. The zero-order valence-electron chi connectivity index (χ0n) is 9.33. The lowest BCUT2D eigenvalue weighted by Crippen LogP contribution is -2.17. The summed E-state index contributed by atoms with van der Waals surface area (Å²) in [6, 6.07) is 7.53. The van der Waals surface area contributed by atoms with Crippen molar-refractivity contribution in [3.05, 3.63) is 34.3 Å². The Hall–Kier alpha value is -1.04. The molecule has 1 aliphatic carbocycles. The van der Waals surface area contributed by atoms with Crippen LogP contribution >= 0.6 is 11.6 Å². The molecule has 3 heteroatoms. The van der Waals surface area contributed by atoms with Crippen molar-refractivity contribution in [3.63, 3.8) is 0 Å². The van der Waals surface area contributed by atoms with Crippen LogP contribution in [0, 0.1) is 23.2 Å². The van der Waals surface area contributed by atoms with E-state index in [4.69, 9.17) is 16.9 Å². The van der Waals surface area contributed by atoms with Gasteiger partial charge < -0.3 is 5.32 Å². The molecule has 0 spiro atoms. The van der Waals surface area contributed by atoms with Crippen LogP contribution in [0.15, 0.2) is 18.2 Å². The highest BCUT2D eigenvalue weighted by Gasteiger charge is 2.31. The Bertz CT molecular complexity index is 422. The fourth-order valence-electron chi connectivity index (χ4n) is 1.84. The summed E-state index contributed by atoms with van der Waals surface area (Å²) in [5.74, 6) is 1.72. The van der Waals surface area contributed by atoms with Crippen LogP contribution in [-0.4, -0.2) is 6.54 Å². The Balaban J connectivity index is 1.87. The van der Waals surface area contributed by atoms with Gasteiger partial charge in [0.15, 0.2) is 0 Å². The Morgan fingerprint density at radius 2 is 2.31 bits per heavy atom. The first-order valence-electron chi connectivity index (χ1n) is 5.60. The van der Waals surface area contributed by atoms with Crippen molar-refractivity contribution in [1.29, 1.82) is 5.26 Å². The molecule has 16 heavy (non-hydrogen) atoms. The van der Waals surface area contributed by atoms with E-state index < -0.39 is 0 Å². The minimum atomic E-state index is 0.615. The number of nitrogens with one attached hydrogen (secondary N) is 1. The molecule has 1 fully saturated rings. The van der Waals surface area contributed by atoms with E-state index in [0.717, 1.165) is 30.5 Å². The Morgan fingerprint density at radius 3 is 2.88 bits per heavy atom. The van der Waals surface area contributed by atoms with Gasteiger partial charge in [0.25, 0.3) is 0 Å². The fraction of sp³-hybridized carbons (Fsp3) is 0.462. The SMILES string of the molecule is CC1CC1CNCc1ccc(C#N)cc1Cl. The zero-order valence-corrected chi connectivity index (χ0v) is 10.1. The number of hydrogen-bond donors (Lipinski definition) is 1. The highest BCUT2D eigenvalue weighted by atomic mass is 35.5. The van der Waals surface area contributed by atoms with E-state index in [1.165, 1.54) is 6.42 Å². The fourth-order valence-corrected chi connectivity index (χ4v) is 2.08. The van der Waals surface area contributed by atoms with Crippen molar-refractivity contribution in [2.24, 2.45) is 11.8 Å². The van der Waals surface area contributed by atoms with Crippen LogP contribution in [0.3, 0.4) is 0 Å². The predicted octanol–water partition coefficient (Wildman–Crippen LogP) is 2.96. The van der Waals surface area contributed by atoms with Gasteiger partial charge in [-0.3, -0.25) is 0 Å². The van der Waals surface area contributed by atoms with Gasteiger partial charge in [-0.2, -0.15) is 5.26 Å². The highest BCUT2D eigenvalue weighted by molar-refractivity contribution is 6.31. The average molecular weight is 235 g/mol. The van der Waals surface area contributed by atoms with E-state index >= 15 is 0 Å². The summed E-state index contributed by atoms with van der Waals surface area (Å²) in [7, 11) is 0. The molecule has 0 aromatic heterocycles. The molecule has 84 valence electrons. The molecule has 1 N–H and O–H groups in total. The molecule has 0 radical (unpaired) electrons. The molecule has 1 saturated carbocycles. The Kier molecular flexibility index (Phi) is 3.48. The average Bonchev–Trinajstić information content (AvgIpc) is 2.97. The standard InChI is InChI=1S/C13H15ClN2/c1-9-4-12(9)8-16-7-11-3-2-10(6-15)5-13(11)14/h2-3,5,9,12,16H,4,7-8H2,1H3. The maximum absolute atomic E-state index is 8.71. The maximum atomic E-state index is 8.71. The maximum Gasteiger partial charge on any atom is 0.0992 e. The number of hydrogen-bond acceptors (Lipinski definition) is 2. The van der Waals surface area contributed by atoms with Crippen LogP contribution < -0.4 is 5.32 Å². The molecule has 0 bridgehead atoms. The first-order chi connectivity index (χ1) is 7.70. The van der Waals surface area contributed by atoms with E-state index in [1.807, 2.05) is 12.1 Å². The lowest BCUT2D eigenvalue weighted by atomic mass is 10.1. The van der Waals surface area contributed by atoms with Crippen LogP contribution in [0.4, 0.5) is 0 Å². The van der Waals surface area contributed by atoms with Gasteiger partial charge in [-0.25, -0.2) is 0 Å². The number of halogens is 1. The van der Waals surface area contributed by atoms with Gasteiger partial charge in [-0.1, -0.05) is 24.6 Å². The number of benzene rings is 1. The molecule has 0 aliphatic heterocycles. The van der Waals surface area contributed by atoms with Crippen LogP contribution in [0.25, 0.3) is 0 Å². The number of nitriles is 1. The first-order valence-corrected chi connectivity index (χ1v) is 5.97. The van der Waals surface area contributed by atoms with Crippen molar-refractivity contribution in [2.45, 2.75) is 19.9 Å². The Morgan fingerprint density at radius 1 is 1.56 bits per heavy atom. The largest absolute Gasteiger partial charge is 0.312 e. The summed E-state index contributed by atoms with van der Waals surface area (Å²) in [4.78, 5) is 0. The van der Waals surface area contributed by atoms with Crippen molar-refractivity contribution >= 4 is 11.6 Å². The second-order valence-corrected chi connectivity index (χ2v) is 4.93. The van der Waals surface area contributed by atoms with E-state index in [0.29, 0.717) is 10.6 Å². The van der Waals surface area contributed by atoms with Crippen molar-refractivity contribution in [1.82, 2.24) is 5.32 Å². The molecule has 0 saturated heterocycles. The quantitative estimate of drug-likeness (QED) is 0.870. The molecule has 0 amide bonds. The third kappa shape index (κ3) is 2.75. The van der Waals surface area contributed by atoms with Crippen molar-refractivity contribution in [3.8, 4) is 6.07 Å². The van der Waals surface area contributed by atoms with Gasteiger partial charge in [0.05, 0.1) is 11.6 Å². The summed E-state index contributed by atoms with van der Waals surface area (Å²) >= 11 is 6.08. The molecular formula is C13H15ClN2. The van der Waals surface area contributed by atoms with Crippen molar-refractivity contribution in [2.75, 3.05) is 6.54 Å². The molecule has 1 aliphatic rings. The van der Waals surface area contributed by atoms with Gasteiger partial charge in [-0.15, -0.1) is 0 Å². The third-order valence-corrected chi connectivity index (χ3v) is 3.53. The van der Waals surface area contributed by atoms with E-state index in [-0.39, 0.29) is 0 Å². The topological polar surface area (TPSA) is 35.8 Å². The molecule has 0 heterocycles. The first kappa shape index (κ1) is 11.4. The van der Waals surface area contributed by atoms with Crippen LogP contribution in [-0.2, 0) is 6.54 Å². The number of rotatable bonds is 4. The lowest BCUT2D eigenvalue weighted by molar-refractivity contribution is 0.612. The lowest BCUT2D eigenvalue weighted by Gasteiger charge is -2.06. The predicted molar refractivity (Wildman–Crippen MR) is 65.1 cm³/mol. The summed E-state index contributed by atoms with van der Waals surface area (Å²) in [5, 5.41) is 12.8. The van der Waals surface area contributed by atoms with Gasteiger partial charge in [-0.05, 0) is 42.5 Å². The molecular weight excluding hydrogens is 220 g/mol. The van der Waals surface area contributed by atoms with Crippen LogP contribution in [0.1, 0.15) is 24.5 Å². The normalized spacial score (nSPS) is 22.8. The van der Waals surface area contributed by atoms with E-state index in [2.05, 4.69) is 18.3 Å². The molecule has 1 aromatic rings. The second-order valence-electron chi connectivity index (χ2n) is 4.52. The molecule has 2 atom stereocenters. The molecule has 2 nitrogen and oxygen atoms in total. The van der Waals surface area contributed by atoms with Gasteiger partial charge >= 0.3 is 0 Å². The van der Waals surface area contributed by atoms with Crippen LogP contribution in [0.2, 0.25) is 5.02 Å². The zero-order chi connectivity index (χ0) is 11.5. The van der Waals surface area contributed by atoms with Gasteiger partial charge in [0.2, 0.25) is 0 Å². The van der Waals surface area contributed by atoms with E-state index in [1.54, 1.807) is 6.07 Å². The minimum absolute atomic E-state index is 0.615. The summed E-state index contributed by atoms with van der Waals surface area (Å²) in [6.45, 7) is 4.13. The third-order valence-electron chi connectivity index (χ3n) is 3.18. The summed E-state index contributed by atoms with van der Waals surface area (Å²) in [6.07, 6.45) is 1.34. The minimum Gasteiger partial charge on any atom is -0.312 e. The van der Waals surface area contributed by atoms with Crippen LogP contribution in [0.5, 0.6) is 0 Å². The smallest absolute Gasteiger partial charge is 0.0992 e. The summed E-state index contributed by atoms with van der Waals surface area (Å²) in [5.41, 5.74) is 1.68. The molecule has 2 rings (SSSR count). The molecule has 1 aromatic carbocycles. The van der Waals surface area contributed by atoms with E-state index in [9.17, 15) is 0 Å². The highest BCUT2D eigenvalue weighted by Crippen LogP contribution is 2.36. The monoisotopic (exact) mass is 234 g/mol. The number of nitrogens with zero attached hydrogens (tertiary/aromatic N) is 1. The van der Waals surface area contributed by atoms with Gasteiger partial charge in [0.1, 0.15) is 0 Å². The van der Waals surface area contributed by atoms with Crippen molar-refractivity contribution < 1.29 is 0 Å².